The van der Waals surface area contributed by atoms with Crippen LogP contribution in [-0.2, 0) is 17.8 Å². The van der Waals surface area contributed by atoms with Crippen LogP contribution in [0.4, 0.5) is 0 Å². The lowest BCUT2D eigenvalue weighted by Gasteiger charge is -2.34. The fourth-order valence-electron chi connectivity index (χ4n) is 4.00. The van der Waals surface area contributed by atoms with E-state index in [2.05, 4.69) is 27.1 Å². The highest BCUT2D eigenvalue weighted by Crippen LogP contribution is 2.19. The van der Waals surface area contributed by atoms with Crippen LogP contribution in [0.5, 0.6) is 5.75 Å². The first kappa shape index (κ1) is 21.3. The topological polar surface area (TPSA) is 63.5 Å². The van der Waals surface area contributed by atoms with Crippen molar-refractivity contribution in [3.63, 3.8) is 0 Å². The molecule has 1 fully saturated rings. The van der Waals surface area contributed by atoms with E-state index in [4.69, 9.17) is 4.74 Å². The summed E-state index contributed by atoms with van der Waals surface area (Å²) >= 11 is 0. The Morgan fingerprint density at radius 1 is 1.28 bits per heavy atom. The molecule has 1 aliphatic heterocycles. The molecule has 1 saturated heterocycles. The Bertz CT molecular complexity index is 732. The van der Waals surface area contributed by atoms with Crippen LogP contribution < -0.4 is 4.74 Å². The molecule has 1 amide bonds. The number of piperidine rings is 1. The van der Waals surface area contributed by atoms with E-state index < -0.39 is 0 Å². The van der Waals surface area contributed by atoms with E-state index in [9.17, 15) is 4.79 Å². The van der Waals surface area contributed by atoms with Gasteiger partial charge < -0.3 is 14.5 Å². The van der Waals surface area contributed by atoms with Crippen molar-refractivity contribution in [1.29, 1.82) is 0 Å². The molecule has 1 aliphatic rings. The second-order valence-corrected chi connectivity index (χ2v) is 7.94. The minimum atomic E-state index is 0.223. The number of carbonyl (C=O) groups excluding carboxylic acids is 1. The number of benzene rings is 1. The highest BCUT2D eigenvalue weighted by atomic mass is 16.5. The number of aryl methyl sites for hydroxylation is 1. The molecule has 0 bridgehead atoms. The Morgan fingerprint density at radius 3 is 2.83 bits per heavy atom. The minimum Gasteiger partial charge on any atom is -0.497 e. The number of methoxy groups -OCH3 is 1. The Morgan fingerprint density at radius 2 is 2.10 bits per heavy atom. The van der Waals surface area contributed by atoms with Crippen molar-refractivity contribution in [2.75, 3.05) is 40.3 Å². The molecule has 0 aliphatic carbocycles. The number of hydrogen-bond donors (Lipinski definition) is 0. The summed E-state index contributed by atoms with van der Waals surface area (Å²) in [6.45, 7) is 4.89. The highest BCUT2D eigenvalue weighted by Gasteiger charge is 2.22. The maximum absolute atomic E-state index is 12.4. The van der Waals surface area contributed by atoms with Gasteiger partial charge in [0.15, 0.2) is 0 Å². The van der Waals surface area contributed by atoms with E-state index in [1.807, 2.05) is 24.1 Å². The van der Waals surface area contributed by atoms with Crippen molar-refractivity contribution in [3.05, 3.63) is 42.5 Å². The lowest BCUT2D eigenvalue weighted by atomic mass is 9.97. The predicted octanol–water partition coefficient (Wildman–Crippen LogP) is 2.48. The fourth-order valence-corrected chi connectivity index (χ4v) is 4.00. The summed E-state index contributed by atoms with van der Waals surface area (Å²) in [5.41, 5.74) is 1.34. The van der Waals surface area contributed by atoms with Crippen LogP contribution in [0, 0.1) is 5.92 Å². The van der Waals surface area contributed by atoms with E-state index in [1.165, 1.54) is 24.7 Å². The number of nitrogens with zero attached hydrogens (tertiary/aromatic N) is 5. The van der Waals surface area contributed by atoms with Gasteiger partial charge in [-0.1, -0.05) is 12.1 Å². The summed E-state index contributed by atoms with van der Waals surface area (Å²) in [5.74, 6) is 1.69. The second kappa shape index (κ2) is 11.0. The van der Waals surface area contributed by atoms with E-state index >= 15 is 0 Å². The Kier molecular flexibility index (Phi) is 8.04. The van der Waals surface area contributed by atoms with E-state index in [0.717, 1.165) is 51.3 Å². The third kappa shape index (κ3) is 6.85. The zero-order valence-electron chi connectivity index (χ0n) is 17.7. The van der Waals surface area contributed by atoms with Crippen LogP contribution in [-0.4, -0.2) is 70.8 Å². The second-order valence-electron chi connectivity index (χ2n) is 7.94. The zero-order valence-corrected chi connectivity index (χ0v) is 17.7. The van der Waals surface area contributed by atoms with Gasteiger partial charge in [-0.15, -0.1) is 0 Å². The molecule has 1 aromatic heterocycles. The number of likely N-dealkylation sites (tertiary alicyclic amines) is 1. The first-order valence-electron chi connectivity index (χ1n) is 10.6. The van der Waals surface area contributed by atoms with Crippen LogP contribution in [0.2, 0.25) is 0 Å². The van der Waals surface area contributed by atoms with E-state index in [-0.39, 0.29) is 5.91 Å². The lowest BCUT2D eigenvalue weighted by molar-refractivity contribution is -0.130. The molecule has 158 valence electrons. The summed E-state index contributed by atoms with van der Waals surface area (Å²) in [6.07, 6.45) is 8.04. The van der Waals surface area contributed by atoms with Gasteiger partial charge in [-0.2, -0.15) is 5.10 Å². The molecule has 0 N–H and O–H groups in total. The van der Waals surface area contributed by atoms with Crippen molar-refractivity contribution < 1.29 is 9.53 Å². The summed E-state index contributed by atoms with van der Waals surface area (Å²) in [5, 5.41) is 4.08. The Labute approximate surface area is 173 Å². The third-order valence-electron chi connectivity index (χ3n) is 5.68. The average molecular weight is 400 g/mol. The Hall–Kier alpha value is -2.41. The monoisotopic (exact) mass is 399 g/mol. The number of carbonyl (C=O) groups is 1. The van der Waals surface area contributed by atoms with E-state index in [0.29, 0.717) is 12.3 Å². The standard InChI is InChI=1S/C22H33N5O2/c1-25(22(28)6-4-13-27-18-23-17-24-27)15-20-5-3-12-26(16-20)14-11-19-7-9-21(29-2)10-8-19/h7-10,17-18,20H,3-6,11-16H2,1-2H3. The van der Waals surface area contributed by atoms with Crippen LogP contribution in [0.15, 0.2) is 36.9 Å². The first-order chi connectivity index (χ1) is 14.1. The number of ether oxygens (including phenoxy) is 1. The largest absolute Gasteiger partial charge is 0.497 e. The summed E-state index contributed by atoms with van der Waals surface area (Å²) in [6, 6.07) is 8.34. The van der Waals surface area contributed by atoms with Gasteiger partial charge >= 0.3 is 0 Å². The zero-order chi connectivity index (χ0) is 20.5. The molecule has 29 heavy (non-hydrogen) atoms. The first-order valence-corrected chi connectivity index (χ1v) is 10.6. The van der Waals surface area contributed by atoms with Gasteiger partial charge in [0, 0.05) is 39.6 Å². The molecule has 0 radical (unpaired) electrons. The van der Waals surface area contributed by atoms with Gasteiger partial charge in [0.2, 0.25) is 5.91 Å². The molecular formula is C22H33N5O2. The van der Waals surface area contributed by atoms with Gasteiger partial charge in [-0.3, -0.25) is 9.48 Å². The van der Waals surface area contributed by atoms with Gasteiger partial charge in [-0.25, -0.2) is 4.98 Å². The molecule has 1 aromatic carbocycles. The minimum absolute atomic E-state index is 0.223. The van der Waals surface area contributed by atoms with Crippen molar-refractivity contribution in [2.24, 2.45) is 5.92 Å². The molecule has 0 saturated carbocycles. The number of amides is 1. The molecule has 1 atom stereocenters. The molecule has 7 heteroatoms. The summed E-state index contributed by atoms with van der Waals surface area (Å²) in [7, 11) is 3.63. The van der Waals surface area contributed by atoms with E-state index in [1.54, 1.807) is 18.1 Å². The smallest absolute Gasteiger partial charge is 0.222 e. The number of rotatable bonds is 10. The predicted molar refractivity (Wildman–Crippen MR) is 113 cm³/mol. The van der Waals surface area contributed by atoms with Crippen LogP contribution in [0.1, 0.15) is 31.2 Å². The molecule has 7 nitrogen and oxygen atoms in total. The summed E-state index contributed by atoms with van der Waals surface area (Å²) in [4.78, 5) is 20.8. The Balaban J connectivity index is 1.37. The maximum Gasteiger partial charge on any atom is 0.222 e. The van der Waals surface area contributed by atoms with Gasteiger partial charge in [0.05, 0.1) is 7.11 Å². The molecule has 0 spiro atoms. The van der Waals surface area contributed by atoms with Crippen LogP contribution >= 0.6 is 0 Å². The normalized spacial score (nSPS) is 17.2. The average Bonchev–Trinajstić information content (AvgIpc) is 3.26. The molecule has 1 unspecified atom stereocenters. The van der Waals surface area contributed by atoms with Crippen molar-refractivity contribution in [3.8, 4) is 5.75 Å². The highest BCUT2D eigenvalue weighted by molar-refractivity contribution is 5.75. The molecule has 2 aromatic rings. The fraction of sp³-hybridized carbons (Fsp3) is 0.591. The third-order valence-corrected chi connectivity index (χ3v) is 5.68. The van der Waals surface area contributed by atoms with Crippen LogP contribution in [0.25, 0.3) is 0 Å². The van der Waals surface area contributed by atoms with Crippen molar-refractivity contribution >= 4 is 5.91 Å². The van der Waals surface area contributed by atoms with Gasteiger partial charge in [0.25, 0.3) is 0 Å². The number of aromatic nitrogens is 3. The van der Waals surface area contributed by atoms with Crippen molar-refractivity contribution in [2.45, 2.75) is 38.6 Å². The maximum atomic E-state index is 12.4. The van der Waals surface area contributed by atoms with Crippen LogP contribution in [0.3, 0.4) is 0 Å². The SMILES string of the molecule is COc1ccc(CCN2CCCC(CN(C)C(=O)CCCn3cncn3)C2)cc1. The molecular weight excluding hydrogens is 366 g/mol. The summed E-state index contributed by atoms with van der Waals surface area (Å²) < 4.78 is 7.00. The molecule has 3 rings (SSSR count). The lowest BCUT2D eigenvalue weighted by Crippen LogP contribution is -2.42. The van der Waals surface area contributed by atoms with Gasteiger partial charge in [0.1, 0.15) is 18.4 Å². The number of hydrogen-bond acceptors (Lipinski definition) is 5. The van der Waals surface area contributed by atoms with Crippen molar-refractivity contribution in [1.82, 2.24) is 24.6 Å². The quantitative estimate of drug-likeness (QED) is 0.614. The van der Waals surface area contributed by atoms with Gasteiger partial charge in [-0.05, 0) is 55.8 Å². The molecule has 2 heterocycles.